The van der Waals surface area contributed by atoms with Crippen LogP contribution in [0.25, 0.3) is 0 Å². The van der Waals surface area contributed by atoms with Crippen molar-refractivity contribution in [2.75, 3.05) is 14.2 Å². The Morgan fingerprint density at radius 3 is 1.58 bits per heavy atom. The van der Waals surface area contributed by atoms with Crippen LogP contribution in [0.5, 0.6) is 0 Å². The van der Waals surface area contributed by atoms with Gasteiger partial charge in [-0.3, -0.25) is 9.59 Å². The van der Waals surface area contributed by atoms with E-state index in [2.05, 4.69) is 25.1 Å². The molecule has 9 heteroatoms. The molecule has 0 saturated heterocycles. The van der Waals surface area contributed by atoms with E-state index in [1.807, 2.05) is 0 Å². The summed E-state index contributed by atoms with van der Waals surface area (Å²) in [6.07, 6.45) is 0. The molecule has 1 aromatic heterocycles. The third kappa shape index (κ3) is 5.04. The average molecular weight is 337 g/mol. The number of esters is 2. The fraction of sp³-hybridized carbons (Fsp3) is 0.400. The van der Waals surface area contributed by atoms with Crippen molar-refractivity contribution in [1.29, 1.82) is 0 Å². The van der Waals surface area contributed by atoms with Gasteiger partial charge in [0.25, 0.3) is 11.8 Å². The topological polar surface area (TPSA) is 124 Å². The van der Waals surface area contributed by atoms with E-state index < -0.39 is 35.8 Å². The number of rotatable bonds is 6. The lowest BCUT2D eigenvalue weighted by molar-refractivity contribution is -0.143. The van der Waals surface area contributed by atoms with Crippen molar-refractivity contribution in [2.24, 2.45) is 0 Å². The van der Waals surface area contributed by atoms with Gasteiger partial charge in [-0.1, -0.05) is 6.07 Å². The van der Waals surface area contributed by atoms with Gasteiger partial charge in [0.2, 0.25) is 0 Å². The van der Waals surface area contributed by atoms with Gasteiger partial charge in [-0.25, -0.2) is 14.6 Å². The lowest BCUT2D eigenvalue weighted by Crippen LogP contribution is -2.41. The number of pyridine rings is 1. The quantitative estimate of drug-likeness (QED) is 0.681. The Morgan fingerprint density at radius 1 is 0.875 bits per heavy atom. The number of hydrogen-bond donors (Lipinski definition) is 2. The second-order valence-corrected chi connectivity index (χ2v) is 4.84. The van der Waals surface area contributed by atoms with Gasteiger partial charge in [-0.05, 0) is 26.0 Å². The number of carbonyl (C=O) groups excluding carboxylic acids is 4. The first-order valence-corrected chi connectivity index (χ1v) is 7.04. The number of methoxy groups -OCH3 is 2. The molecule has 2 N–H and O–H groups in total. The van der Waals surface area contributed by atoms with Crippen molar-refractivity contribution >= 4 is 23.8 Å². The number of nitrogens with zero attached hydrogens (tertiary/aromatic N) is 1. The molecule has 0 aliphatic rings. The van der Waals surface area contributed by atoms with Gasteiger partial charge in [-0.2, -0.15) is 0 Å². The van der Waals surface area contributed by atoms with Crippen LogP contribution in [0.15, 0.2) is 18.2 Å². The molecular weight excluding hydrogens is 318 g/mol. The number of aromatic nitrogens is 1. The molecule has 0 aromatic carbocycles. The normalized spacial score (nSPS) is 12.5. The van der Waals surface area contributed by atoms with Gasteiger partial charge in [0, 0.05) is 0 Å². The number of nitrogens with one attached hydrogen (secondary N) is 2. The molecule has 0 saturated carbocycles. The van der Waals surface area contributed by atoms with Crippen LogP contribution >= 0.6 is 0 Å². The smallest absolute Gasteiger partial charge is 0.328 e. The Balaban J connectivity index is 2.82. The van der Waals surface area contributed by atoms with Crippen LogP contribution in [0.1, 0.15) is 34.8 Å². The van der Waals surface area contributed by atoms with E-state index in [1.165, 1.54) is 46.3 Å². The standard InChI is InChI=1S/C15H19N3O6/c1-8(14(21)23-3)16-12(19)10-6-5-7-11(18-10)13(20)17-9(2)15(22)24-4/h5-9H,1-4H3,(H,16,19)(H,17,20). The van der Waals surface area contributed by atoms with Crippen molar-refractivity contribution in [1.82, 2.24) is 15.6 Å². The van der Waals surface area contributed by atoms with Gasteiger partial charge in [-0.15, -0.1) is 0 Å². The monoisotopic (exact) mass is 337 g/mol. The minimum Gasteiger partial charge on any atom is -0.467 e. The maximum atomic E-state index is 12.0. The molecule has 2 unspecified atom stereocenters. The molecule has 0 aliphatic carbocycles. The minimum atomic E-state index is -0.860. The highest BCUT2D eigenvalue weighted by Gasteiger charge is 2.20. The summed E-state index contributed by atoms with van der Waals surface area (Å²) in [5.41, 5.74) is -0.103. The van der Waals surface area contributed by atoms with E-state index in [1.54, 1.807) is 0 Å². The highest BCUT2D eigenvalue weighted by atomic mass is 16.5. The Labute approximate surface area is 138 Å². The Bertz CT molecular complexity index is 595. The van der Waals surface area contributed by atoms with Crippen molar-refractivity contribution in [2.45, 2.75) is 25.9 Å². The lowest BCUT2D eigenvalue weighted by atomic mass is 10.2. The van der Waals surface area contributed by atoms with E-state index in [0.29, 0.717) is 0 Å². The zero-order valence-electron chi connectivity index (χ0n) is 13.8. The summed E-state index contributed by atoms with van der Waals surface area (Å²) in [5, 5.41) is 4.80. The molecule has 24 heavy (non-hydrogen) atoms. The highest BCUT2D eigenvalue weighted by molar-refractivity contribution is 5.98. The molecule has 1 aromatic rings. The average Bonchev–Trinajstić information content (AvgIpc) is 2.59. The van der Waals surface area contributed by atoms with Crippen LogP contribution in [-0.4, -0.2) is 55.0 Å². The zero-order valence-corrected chi connectivity index (χ0v) is 13.8. The van der Waals surface area contributed by atoms with Crippen LogP contribution in [0.4, 0.5) is 0 Å². The molecule has 0 radical (unpaired) electrons. The molecular formula is C15H19N3O6. The van der Waals surface area contributed by atoms with E-state index in [9.17, 15) is 19.2 Å². The van der Waals surface area contributed by atoms with Crippen LogP contribution in [-0.2, 0) is 19.1 Å². The third-order valence-electron chi connectivity index (χ3n) is 3.02. The molecule has 9 nitrogen and oxygen atoms in total. The largest absolute Gasteiger partial charge is 0.467 e. The molecule has 0 spiro atoms. The van der Waals surface area contributed by atoms with E-state index in [-0.39, 0.29) is 11.4 Å². The van der Waals surface area contributed by atoms with Crippen molar-refractivity contribution in [3.05, 3.63) is 29.6 Å². The number of ether oxygens (including phenoxy) is 2. The molecule has 0 bridgehead atoms. The van der Waals surface area contributed by atoms with Crippen molar-refractivity contribution in [3.63, 3.8) is 0 Å². The maximum absolute atomic E-state index is 12.0. The first kappa shape index (κ1) is 19.1. The minimum absolute atomic E-state index is 0.0517. The second kappa shape index (κ2) is 8.61. The van der Waals surface area contributed by atoms with E-state index in [4.69, 9.17) is 0 Å². The lowest BCUT2D eigenvalue weighted by Gasteiger charge is -2.13. The Hall–Kier alpha value is -2.97. The van der Waals surface area contributed by atoms with Gasteiger partial charge in [0.05, 0.1) is 14.2 Å². The molecule has 0 aliphatic heterocycles. The Morgan fingerprint density at radius 2 is 1.25 bits per heavy atom. The second-order valence-electron chi connectivity index (χ2n) is 4.84. The van der Waals surface area contributed by atoms with Gasteiger partial charge in [0.15, 0.2) is 0 Å². The summed E-state index contributed by atoms with van der Waals surface area (Å²) in [6.45, 7) is 2.91. The molecule has 2 atom stereocenters. The number of amides is 2. The van der Waals surface area contributed by atoms with Gasteiger partial charge < -0.3 is 20.1 Å². The summed E-state index contributed by atoms with van der Waals surface area (Å²) < 4.78 is 9.01. The molecule has 0 fully saturated rings. The predicted molar refractivity (Wildman–Crippen MR) is 82.1 cm³/mol. The number of carbonyl (C=O) groups is 4. The maximum Gasteiger partial charge on any atom is 0.328 e. The first-order valence-electron chi connectivity index (χ1n) is 7.04. The molecule has 130 valence electrons. The van der Waals surface area contributed by atoms with Crippen molar-refractivity contribution in [3.8, 4) is 0 Å². The first-order chi connectivity index (χ1) is 11.3. The molecule has 2 amide bonds. The summed E-state index contributed by atoms with van der Waals surface area (Å²) in [4.78, 5) is 50.6. The van der Waals surface area contributed by atoms with Crippen LogP contribution in [0.2, 0.25) is 0 Å². The summed E-state index contributed by atoms with van der Waals surface area (Å²) in [5.74, 6) is -2.49. The predicted octanol–water partition coefficient (Wildman–Crippen LogP) is -0.336. The third-order valence-corrected chi connectivity index (χ3v) is 3.02. The highest BCUT2D eigenvalue weighted by Crippen LogP contribution is 2.02. The van der Waals surface area contributed by atoms with Crippen LogP contribution < -0.4 is 10.6 Å². The molecule has 1 heterocycles. The van der Waals surface area contributed by atoms with Crippen LogP contribution in [0.3, 0.4) is 0 Å². The van der Waals surface area contributed by atoms with E-state index in [0.717, 1.165) is 0 Å². The SMILES string of the molecule is COC(=O)C(C)NC(=O)c1cccc(C(=O)NC(C)C(=O)OC)n1. The zero-order chi connectivity index (χ0) is 18.3. The van der Waals surface area contributed by atoms with Gasteiger partial charge >= 0.3 is 11.9 Å². The number of hydrogen-bond acceptors (Lipinski definition) is 7. The van der Waals surface area contributed by atoms with Crippen LogP contribution in [0, 0.1) is 0 Å². The fourth-order valence-corrected chi connectivity index (χ4v) is 1.70. The Kier molecular flexibility index (Phi) is 6.84. The summed E-state index contributed by atoms with van der Waals surface area (Å²) in [6, 6.07) is 2.52. The molecule has 1 rings (SSSR count). The fourth-order valence-electron chi connectivity index (χ4n) is 1.70. The summed E-state index contributed by atoms with van der Waals surface area (Å²) >= 11 is 0. The van der Waals surface area contributed by atoms with Gasteiger partial charge in [0.1, 0.15) is 23.5 Å². The summed E-state index contributed by atoms with van der Waals surface area (Å²) in [7, 11) is 2.41. The van der Waals surface area contributed by atoms with Crippen molar-refractivity contribution < 1.29 is 28.7 Å². The van der Waals surface area contributed by atoms with E-state index >= 15 is 0 Å².